The average Bonchev–Trinajstić information content (AvgIpc) is 2.54. The van der Waals surface area contributed by atoms with Gasteiger partial charge in [0.2, 0.25) is 0 Å². The molecule has 0 radical (unpaired) electrons. The third-order valence-corrected chi connectivity index (χ3v) is 2.37. The molecule has 0 atom stereocenters. The highest BCUT2D eigenvalue weighted by Gasteiger charge is 2.10. The number of nitrogens with one attached hydrogen (secondary N) is 1. The van der Waals surface area contributed by atoms with E-state index in [1.54, 1.807) is 12.1 Å². The molecule has 74 valence electrons. The number of halogens is 1. The van der Waals surface area contributed by atoms with E-state index in [4.69, 9.17) is 17.3 Å². The summed E-state index contributed by atoms with van der Waals surface area (Å²) >= 11 is 5.79. The van der Waals surface area contributed by atoms with Crippen LogP contribution in [0.4, 0.5) is 11.5 Å². The number of nitrogens with two attached hydrogens (primary N) is 1. The predicted octanol–water partition coefficient (Wildman–Crippen LogP) is 2.45. The lowest BCUT2D eigenvalue weighted by atomic mass is 10.2. The Morgan fingerprint density at radius 1 is 1.36 bits per heavy atom. The van der Waals surface area contributed by atoms with Crippen LogP contribution in [0, 0.1) is 0 Å². The second kappa shape index (κ2) is 3.88. The van der Waals surface area contributed by atoms with Gasteiger partial charge in [0.25, 0.3) is 0 Å². The molecular weight excluding hydrogens is 198 g/mol. The van der Waals surface area contributed by atoms with Gasteiger partial charge in [-0.3, -0.25) is 0 Å². The smallest absolute Gasteiger partial charge is 0.133 e. The second-order valence-electron chi connectivity index (χ2n) is 3.39. The number of rotatable bonds is 2. The number of anilines is 2. The highest BCUT2D eigenvalue weighted by molar-refractivity contribution is 6.29. The molecule has 4 heteroatoms. The molecule has 1 aromatic rings. The quantitative estimate of drug-likeness (QED) is 0.581. The van der Waals surface area contributed by atoms with Gasteiger partial charge in [-0.05, 0) is 18.9 Å². The number of hydrogen-bond donors (Lipinski definition) is 2. The van der Waals surface area contributed by atoms with E-state index in [-0.39, 0.29) is 0 Å². The third-order valence-electron chi connectivity index (χ3n) is 2.18. The minimum atomic E-state index is 0.429. The van der Waals surface area contributed by atoms with E-state index in [9.17, 15) is 0 Å². The standard InChI is InChI=1S/C10H12ClN3/c11-9-5-7(12)6-10(14-9)13-8-3-1-2-4-8/h1-2,5-6,8H,3-4H2,(H3,12,13,14). The Bertz CT molecular complexity index is 334. The van der Waals surface area contributed by atoms with Crippen LogP contribution >= 0.6 is 11.6 Å². The first-order valence-electron chi connectivity index (χ1n) is 4.58. The summed E-state index contributed by atoms with van der Waals surface area (Å²) in [5.41, 5.74) is 6.29. The number of pyridine rings is 1. The molecule has 0 spiro atoms. The second-order valence-corrected chi connectivity index (χ2v) is 3.78. The summed E-state index contributed by atoms with van der Waals surface area (Å²) in [6.07, 6.45) is 6.39. The number of aromatic nitrogens is 1. The molecular formula is C10H12ClN3. The molecule has 14 heavy (non-hydrogen) atoms. The molecule has 3 nitrogen and oxygen atoms in total. The lowest BCUT2D eigenvalue weighted by Crippen LogP contribution is -2.16. The van der Waals surface area contributed by atoms with Gasteiger partial charge in [0.15, 0.2) is 0 Å². The molecule has 1 aliphatic carbocycles. The van der Waals surface area contributed by atoms with Gasteiger partial charge in [0.05, 0.1) is 0 Å². The Morgan fingerprint density at radius 3 is 2.71 bits per heavy atom. The van der Waals surface area contributed by atoms with Crippen LogP contribution in [0.15, 0.2) is 24.3 Å². The summed E-state index contributed by atoms with van der Waals surface area (Å²) in [6.45, 7) is 0. The zero-order chi connectivity index (χ0) is 9.97. The van der Waals surface area contributed by atoms with Crippen LogP contribution in [0.5, 0.6) is 0 Å². The minimum absolute atomic E-state index is 0.429. The summed E-state index contributed by atoms with van der Waals surface area (Å²) in [7, 11) is 0. The monoisotopic (exact) mass is 209 g/mol. The molecule has 0 unspecified atom stereocenters. The Labute approximate surface area is 88.0 Å². The van der Waals surface area contributed by atoms with Crippen molar-refractivity contribution in [2.24, 2.45) is 0 Å². The number of nitrogens with zero attached hydrogens (tertiary/aromatic N) is 1. The lowest BCUT2D eigenvalue weighted by Gasteiger charge is -2.13. The van der Waals surface area contributed by atoms with Crippen LogP contribution in [0.25, 0.3) is 0 Å². The van der Waals surface area contributed by atoms with Crippen molar-refractivity contribution in [1.29, 1.82) is 0 Å². The molecule has 2 rings (SSSR count). The molecule has 0 bridgehead atoms. The summed E-state index contributed by atoms with van der Waals surface area (Å²) in [6, 6.07) is 3.87. The molecule has 1 aromatic heterocycles. The fourth-order valence-electron chi connectivity index (χ4n) is 1.53. The van der Waals surface area contributed by atoms with Crippen molar-refractivity contribution in [2.75, 3.05) is 11.1 Å². The van der Waals surface area contributed by atoms with Crippen molar-refractivity contribution in [2.45, 2.75) is 18.9 Å². The van der Waals surface area contributed by atoms with Crippen molar-refractivity contribution in [3.8, 4) is 0 Å². The third kappa shape index (κ3) is 2.17. The molecule has 0 aliphatic heterocycles. The largest absolute Gasteiger partial charge is 0.399 e. The van der Waals surface area contributed by atoms with Crippen LogP contribution < -0.4 is 11.1 Å². The first-order valence-corrected chi connectivity index (χ1v) is 4.96. The van der Waals surface area contributed by atoms with E-state index in [0.717, 1.165) is 18.7 Å². The molecule has 0 amide bonds. The van der Waals surface area contributed by atoms with Crippen LogP contribution in [-0.2, 0) is 0 Å². The van der Waals surface area contributed by atoms with Crippen molar-refractivity contribution in [1.82, 2.24) is 4.98 Å². The summed E-state index contributed by atoms with van der Waals surface area (Å²) in [5.74, 6) is 0.753. The molecule has 0 fully saturated rings. The van der Waals surface area contributed by atoms with Crippen LogP contribution in [0.1, 0.15) is 12.8 Å². The fraction of sp³-hybridized carbons (Fsp3) is 0.300. The Hall–Kier alpha value is -1.22. The average molecular weight is 210 g/mol. The lowest BCUT2D eigenvalue weighted by molar-refractivity contribution is 0.781. The highest BCUT2D eigenvalue weighted by Crippen LogP contribution is 2.19. The maximum Gasteiger partial charge on any atom is 0.133 e. The van der Waals surface area contributed by atoms with Crippen molar-refractivity contribution < 1.29 is 0 Å². The van der Waals surface area contributed by atoms with E-state index in [1.807, 2.05) is 0 Å². The van der Waals surface area contributed by atoms with Crippen LogP contribution in [-0.4, -0.2) is 11.0 Å². The topological polar surface area (TPSA) is 50.9 Å². The first-order chi connectivity index (χ1) is 6.74. The maximum absolute atomic E-state index is 5.79. The first kappa shape index (κ1) is 9.34. The van der Waals surface area contributed by atoms with Gasteiger partial charge in [-0.2, -0.15) is 0 Å². The van der Waals surface area contributed by atoms with E-state index in [1.165, 1.54) is 0 Å². The zero-order valence-corrected chi connectivity index (χ0v) is 8.46. The van der Waals surface area contributed by atoms with Gasteiger partial charge in [-0.15, -0.1) is 0 Å². The SMILES string of the molecule is Nc1cc(Cl)nc(NC2CC=CC2)c1. The van der Waals surface area contributed by atoms with Crippen molar-refractivity contribution in [3.63, 3.8) is 0 Å². The molecule has 3 N–H and O–H groups in total. The number of hydrogen-bond acceptors (Lipinski definition) is 3. The van der Waals surface area contributed by atoms with Gasteiger partial charge in [0, 0.05) is 17.8 Å². The van der Waals surface area contributed by atoms with Crippen molar-refractivity contribution >= 4 is 23.1 Å². The summed E-state index contributed by atoms with van der Waals surface area (Å²) < 4.78 is 0. The molecule has 1 aliphatic rings. The van der Waals surface area contributed by atoms with E-state index in [2.05, 4.69) is 22.5 Å². The van der Waals surface area contributed by atoms with Crippen molar-refractivity contribution in [3.05, 3.63) is 29.4 Å². The van der Waals surface area contributed by atoms with Gasteiger partial charge < -0.3 is 11.1 Å². The van der Waals surface area contributed by atoms with Crippen LogP contribution in [0.2, 0.25) is 5.15 Å². The van der Waals surface area contributed by atoms with Gasteiger partial charge in [0.1, 0.15) is 11.0 Å². The summed E-state index contributed by atoms with van der Waals surface area (Å²) in [5, 5.41) is 3.71. The zero-order valence-electron chi connectivity index (χ0n) is 7.70. The Morgan fingerprint density at radius 2 is 2.07 bits per heavy atom. The fourth-order valence-corrected chi connectivity index (χ4v) is 1.75. The minimum Gasteiger partial charge on any atom is -0.399 e. The highest BCUT2D eigenvalue weighted by atomic mass is 35.5. The molecule has 0 saturated carbocycles. The number of nitrogen functional groups attached to an aromatic ring is 1. The normalized spacial score (nSPS) is 16.1. The Kier molecular flexibility index (Phi) is 2.59. The maximum atomic E-state index is 5.79. The van der Waals surface area contributed by atoms with E-state index in [0.29, 0.717) is 16.9 Å². The Balaban J connectivity index is 2.08. The molecule has 1 heterocycles. The predicted molar refractivity (Wildman–Crippen MR) is 59.4 cm³/mol. The molecule has 0 aromatic carbocycles. The molecule has 0 saturated heterocycles. The van der Waals surface area contributed by atoms with E-state index >= 15 is 0 Å². The van der Waals surface area contributed by atoms with E-state index < -0.39 is 0 Å². The summed E-state index contributed by atoms with van der Waals surface area (Å²) in [4.78, 5) is 4.14. The van der Waals surface area contributed by atoms with Gasteiger partial charge >= 0.3 is 0 Å². The van der Waals surface area contributed by atoms with Gasteiger partial charge in [-0.1, -0.05) is 23.8 Å². The van der Waals surface area contributed by atoms with Gasteiger partial charge in [-0.25, -0.2) is 4.98 Å². The van der Waals surface area contributed by atoms with Crippen LogP contribution in [0.3, 0.4) is 0 Å².